The summed E-state index contributed by atoms with van der Waals surface area (Å²) in [4.78, 5) is 6.61. The predicted molar refractivity (Wildman–Crippen MR) is 87.0 cm³/mol. The van der Waals surface area contributed by atoms with Crippen molar-refractivity contribution in [2.24, 2.45) is 0 Å². The molecule has 1 fully saturated rings. The maximum Gasteiger partial charge on any atom is 0.298 e. The molecule has 1 aliphatic heterocycles. The lowest BCUT2D eigenvalue weighted by Gasteiger charge is -2.36. The summed E-state index contributed by atoms with van der Waals surface area (Å²) in [5.74, 6) is 1.31. The summed E-state index contributed by atoms with van der Waals surface area (Å²) in [5, 5.41) is 9.18. The number of anilines is 1. The zero-order chi connectivity index (χ0) is 15.4. The highest BCUT2D eigenvalue weighted by Gasteiger charge is 2.34. The molecular formula is C16H12ClN5O. The normalized spacial score (nSPS) is 15.4. The standard InChI is InChI=1S/C16H12ClN5O/c17-11-4-5-13-12(7-11)18-16(23-13)21-8-10(9-21)15-20-19-14-3-1-2-6-22(14)15/h1-7,10H,8-9H2. The van der Waals surface area contributed by atoms with Crippen LogP contribution in [0, 0.1) is 0 Å². The van der Waals surface area contributed by atoms with E-state index in [1.165, 1.54) is 0 Å². The van der Waals surface area contributed by atoms with E-state index >= 15 is 0 Å². The first-order valence-electron chi connectivity index (χ1n) is 7.39. The molecule has 0 N–H and O–H groups in total. The third-order valence-corrected chi connectivity index (χ3v) is 4.43. The molecule has 5 rings (SSSR count). The highest BCUT2D eigenvalue weighted by Crippen LogP contribution is 2.32. The molecule has 1 saturated heterocycles. The third kappa shape index (κ3) is 1.98. The molecular weight excluding hydrogens is 314 g/mol. The fraction of sp³-hybridized carbons (Fsp3) is 0.188. The number of benzene rings is 1. The van der Waals surface area contributed by atoms with E-state index in [0.29, 0.717) is 17.0 Å². The molecule has 114 valence electrons. The molecule has 0 saturated carbocycles. The van der Waals surface area contributed by atoms with Crippen molar-refractivity contribution in [3.05, 3.63) is 53.4 Å². The maximum absolute atomic E-state index is 5.99. The zero-order valence-electron chi connectivity index (χ0n) is 12.1. The highest BCUT2D eigenvalue weighted by atomic mass is 35.5. The van der Waals surface area contributed by atoms with Gasteiger partial charge in [-0.2, -0.15) is 4.98 Å². The highest BCUT2D eigenvalue weighted by molar-refractivity contribution is 6.31. The van der Waals surface area contributed by atoms with Gasteiger partial charge in [0.25, 0.3) is 6.01 Å². The van der Waals surface area contributed by atoms with Crippen LogP contribution in [0.15, 0.2) is 47.0 Å². The minimum Gasteiger partial charge on any atom is -0.423 e. The van der Waals surface area contributed by atoms with Gasteiger partial charge in [0, 0.05) is 24.3 Å². The Morgan fingerprint density at radius 2 is 2.04 bits per heavy atom. The van der Waals surface area contributed by atoms with Crippen molar-refractivity contribution in [1.82, 2.24) is 19.6 Å². The Labute approximate surface area is 136 Å². The predicted octanol–water partition coefficient (Wildman–Crippen LogP) is 3.13. The van der Waals surface area contributed by atoms with Crippen LogP contribution < -0.4 is 4.90 Å². The van der Waals surface area contributed by atoms with E-state index in [-0.39, 0.29) is 0 Å². The van der Waals surface area contributed by atoms with Crippen molar-refractivity contribution in [2.45, 2.75) is 5.92 Å². The Kier molecular flexibility index (Phi) is 2.63. The SMILES string of the molecule is Clc1ccc2oc(N3CC(c4nnc5ccccn45)C3)nc2c1. The molecule has 1 aromatic carbocycles. The molecule has 0 aliphatic carbocycles. The van der Waals surface area contributed by atoms with Gasteiger partial charge in [0.2, 0.25) is 0 Å². The smallest absolute Gasteiger partial charge is 0.298 e. The Morgan fingerprint density at radius 3 is 2.96 bits per heavy atom. The fourth-order valence-electron chi connectivity index (χ4n) is 2.96. The fourth-order valence-corrected chi connectivity index (χ4v) is 3.13. The average Bonchev–Trinajstić information content (AvgIpc) is 3.10. The number of oxazole rings is 1. The van der Waals surface area contributed by atoms with Crippen LogP contribution in [0.2, 0.25) is 5.02 Å². The lowest BCUT2D eigenvalue weighted by molar-refractivity contribution is 0.447. The van der Waals surface area contributed by atoms with Crippen molar-refractivity contribution in [2.75, 3.05) is 18.0 Å². The van der Waals surface area contributed by atoms with Gasteiger partial charge < -0.3 is 9.32 Å². The zero-order valence-corrected chi connectivity index (χ0v) is 12.8. The molecule has 4 heterocycles. The van der Waals surface area contributed by atoms with Crippen LogP contribution in [-0.4, -0.2) is 32.7 Å². The van der Waals surface area contributed by atoms with Crippen LogP contribution >= 0.6 is 11.6 Å². The van der Waals surface area contributed by atoms with Gasteiger partial charge >= 0.3 is 0 Å². The second-order valence-corrected chi connectivity index (χ2v) is 6.13. The monoisotopic (exact) mass is 325 g/mol. The maximum atomic E-state index is 5.99. The number of nitrogens with zero attached hydrogens (tertiary/aromatic N) is 5. The molecule has 23 heavy (non-hydrogen) atoms. The van der Waals surface area contributed by atoms with Crippen LogP contribution in [0.4, 0.5) is 6.01 Å². The van der Waals surface area contributed by atoms with Crippen LogP contribution in [0.1, 0.15) is 11.7 Å². The Balaban J connectivity index is 1.41. The van der Waals surface area contributed by atoms with Crippen molar-refractivity contribution in [1.29, 1.82) is 0 Å². The Morgan fingerprint density at radius 1 is 1.13 bits per heavy atom. The molecule has 4 aromatic rings. The minimum absolute atomic E-state index is 0.325. The summed E-state index contributed by atoms with van der Waals surface area (Å²) in [6.07, 6.45) is 1.99. The summed E-state index contributed by atoms with van der Waals surface area (Å²) in [7, 11) is 0. The van der Waals surface area contributed by atoms with Gasteiger partial charge in [-0.3, -0.25) is 4.40 Å². The van der Waals surface area contributed by atoms with E-state index in [9.17, 15) is 0 Å². The van der Waals surface area contributed by atoms with Gasteiger partial charge in [-0.25, -0.2) is 0 Å². The molecule has 7 heteroatoms. The van der Waals surface area contributed by atoms with Gasteiger partial charge in [0.05, 0.1) is 5.92 Å². The second-order valence-electron chi connectivity index (χ2n) is 5.70. The molecule has 0 amide bonds. The number of aromatic nitrogens is 4. The van der Waals surface area contributed by atoms with Crippen LogP contribution in [0.5, 0.6) is 0 Å². The summed E-state index contributed by atoms with van der Waals surface area (Å²) in [6, 6.07) is 12.0. The molecule has 0 spiro atoms. The van der Waals surface area contributed by atoms with Gasteiger partial charge in [-0.05, 0) is 30.3 Å². The van der Waals surface area contributed by atoms with Crippen molar-refractivity contribution in [3.8, 4) is 0 Å². The van der Waals surface area contributed by atoms with Crippen molar-refractivity contribution < 1.29 is 4.42 Å². The summed E-state index contributed by atoms with van der Waals surface area (Å²) >= 11 is 5.99. The molecule has 0 radical (unpaired) electrons. The van der Waals surface area contributed by atoms with Crippen LogP contribution in [0.3, 0.4) is 0 Å². The first-order valence-corrected chi connectivity index (χ1v) is 7.76. The van der Waals surface area contributed by atoms with Crippen molar-refractivity contribution in [3.63, 3.8) is 0 Å². The number of fused-ring (bicyclic) bond motifs is 2. The molecule has 1 aliphatic rings. The number of halogens is 1. The van der Waals surface area contributed by atoms with E-state index < -0.39 is 0 Å². The van der Waals surface area contributed by atoms with Gasteiger partial charge in [0.15, 0.2) is 11.2 Å². The third-order valence-electron chi connectivity index (χ3n) is 4.20. The second kappa shape index (κ2) is 4.70. The number of hydrogen-bond donors (Lipinski definition) is 0. The van der Waals surface area contributed by atoms with Crippen molar-refractivity contribution >= 4 is 34.4 Å². The van der Waals surface area contributed by atoms with Gasteiger partial charge in [-0.1, -0.05) is 17.7 Å². The molecule has 3 aromatic heterocycles. The van der Waals surface area contributed by atoms with E-state index in [4.69, 9.17) is 16.0 Å². The Bertz CT molecular complexity index is 1020. The topological polar surface area (TPSA) is 59.5 Å². The molecule has 0 unspecified atom stereocenters. The van der Waals surface area contributed by atoms with E-state index in [0.717, 1.165) is 35.7 Å². The number of pyridine rings is 1. The van der Waals surface area contributed by atoms with Gasteiger partial charge in [-0.15, -0.1) is 10.2 Å². The minimum atomic E-state index is 0.325. The number of rotatable bonds is 2. The first kappa shape index (κ1) is 12.9. The van der Waals surface area contributed by atoms with Gasteiger partial charge in [0.1, 0.15) is 11.3 Å². The van der Waals surface area contributed by atoms with E-state index in [1.54, 1.807) is 6.07 Å². The molecule has 6 nitrogen and oxygen atoms in total. The van der Waals surface area contributed by atoms with Crippen LogP contribution in [0.25, 0.3) is 16.7 Å². The lowest BCUT2D eigenvalue weighted by Crippen LogP contribution is -2.46. The molecule has 0 bridgehead atoms. The van der Waals surface area contributed by atoms with E-state index in [2.05, 4.69) is 20.1 Å². The first-order chi connectivity index (χ1) is 11.3. The summed E-state index contributed by atoms with van der Waals surface area (Å²) in [6.45, 7) is 1.63. The molecule has 0 atom stereocenters. The number of hydrogen-bond acceptors (Lipinski definition) is 5. The van der Waals surface area contributed by atoms with Crippen LogP contribution in [-0.2, 0) is 0 Å². The average molecular weight is 326 g/mol. The quantitative estimate of drug-likeness (QED) is 0.566. The van der Waals surface area contributed by atoms with E-state index in [1.807, 2.05) is 40.9 Å². The summed E-state index contributed by atoms with van der Waals surface area (Å²) in [5.41, 5.74) is 2.40. The largest absolute Gasteiger partial charge is 0.423 e. The Hall–Kier alpha value is -2.60. The lowest BCUT2D eigenvalue weighted by atomic mass is 10.00. The summed E-state index contributed by atoms with van der Waals surface area (Å²) < 4.78 is 7.83.